The standard InChI is InChI=1S/C11H18O5/c1-7(2)6-9(16-11(13)15-5)8(3)10(12)14-4/h7,9H,3,6H2,1-2,4-5H3. The average molecular weight is 230 g/mol. The van der Waals surface area contributed by atoms with Gasteiger partial charge < -0.3 is 14.2 Å². The van der Waals surface area contributed by atoms with Crippen LogP contribution in [-0.4, -0.2) is 32.4 Å². The number of rotatable bonds is 5. The van der Waals surface area contributed by atoms with Gasteiger partial charge in [0.25, 0.3) is 0 Å². The molecule has 0 radical (unpaired) electrons. The van der Waals surface area contributed by atoms with Crippen molar-refractivity contribution in [3.8, 4) is 0 Å². The highest BCUT2D eigenvalue weighted by Gasteiger charge is 2.24. The molecule has 0 aliphatic rings. The van der Waals surface area contributed by atoms with Gasteiger partial charge >= 0.3 is 12.1 Å². The van der Waals surface area contributed by atoms with E-state index in [1.807, 2.05) is 13.8 Å². The third-order valence-corrected chi connectivity index (χ3v) is 1.93. The van der Waals surface area contributed by atoms with E-state index in [0.717, 1.165) is 0 Å². The zero-order chi connectivity index (χ0) is 12.7. The summed E-state index contributed by atoms with van der Waals surface area (Å²) in [5, 5.41) is 0. The molecule has 0 rings (SSSR count). The van der Waals surface area contributed by atoms with Gasteiger partial charge in [-0.3, -0.25) is 0 Å². The highest BCUT2D eigenvalue weighted by Crippen LogP contribution is 2.17. The van der Waals surface area contributed by atoms with Crippen molar-refractivity contribution in [2.45, 2.75) is 26.4 Å². The van der Waals surface area contributed by atoms with E-state index in [9.17, 15) is 9.59 Å². The van der Waals surface area contributed by atoms with Crippen LogP contribution in [0.25, 0.3) is 0 Å². The van der Waals surface area contributed by atoms with Crippen molar-refractivity contribution in [3.63, 3.8) is 0 Å². The lowest BCUT2D eigenvalue weighted by Gasteiger charge is -2.19. The van der Waals surface area contributed by atoms with Crippen LogP contribution in [0, 0.1) is 5.92 Å². The Hall–Kier alpha value is -1.52. The van der Waals surface area contributed by atoms with Gasteiger partial charge in [-0.15, -0.1) is 0 Å². The third-order valence-electron chi connectivity index (χ3n) is 1.93. The summed E-state index contributed by atoms with van der Waals surface area (Å²) in [4.78, 5) is 22.2. The van der Waals surface area contributed by atoms with Crippen LogP contribution in [-0.2, 0) is 19.0 Å². The lowest BCUT2D eigenvalue weighted by molar-refractivity contribution is -0.137. The molecule has 1 atom stereocenters. The van der Waals surface area contributed by atoms with E-state index in [1.165, 1.54) is 14.2 Å². The Balaban J connectivity index is 4.59. The molecule has 0 heterocycles. The minimum atomic E-state index is -0.837. The quantitative estimate of drug-likeness (QED) is 0.533. The maximum atomic E-state index is 11.3. The Kier molecular flexibility index (Phi) is 6.22. The Morgan fingerprint density at radius 2 is 1.75 bits per heavy atom. The fraction of sp³-hybridized carbons (Fsp3) is 0.636. The molecule has 0 fully saturated rings. The summed E-state index contributed by atoms with van der Waals surface area (Å²) < 4.78 is 13.8. The maximum absolute atomic E-state index is 11.3. The molecule has 0 spiro atoms. The van der Waals surface area contributed by atoms with Crippen LogP contribution < -0.4 is 0 Å². The van der Waals surface area contributed by atoms with Crippen LogP contribution in [0.2, 0.25) is 0 Å². The highest BCUT2D eigenvalue weighted by molar-refractivity contribution is 5.89. The van der Waals surface area contributed by atoms with Gasteiger partial charge in [0.05, 0.1) is 19.8 Å². The number of carbonyl (C=O) groups excluding carboxylic acids is 2. The van der Waals surface area contributed by atoms with Gasteiger partial charge in [-0.1, -0.05) is 20.4 Å². The normalized spacial score (nSPS) is 11.8. The molecule has 0 aromatic rings. The second-order valence-electron chi connectivity index (χ2n) is 3.71. The molecule has 5 nitrogen and oxygen atoms in total. The highest BCUT2D eigenvalue weighted by atomic mass is 16.7. The maximum Gasteiger partial charge on any atom is 0.508 e. The Morgan fingerprint density at radius 1 is 1.19 bits per heavy atom. The molecule has 5 heteroatoms. The predicted molar refractivity (Wildman–Crippen MR) is 57.9 cm³/mol. The molecule has 0 aliphatic heterocycles. The Morgan fingerprint density at radius 3 is 2.12 bits per heavy atom. The van der Waals surface area contributed by atoms with Crippen molar-refractivity contribution < 1.29 is 23.8 Å². The molecule has 0 saturated carbocycles. The fourth-order valence-electron chi connectivity index (χ4n) is 1.12. The van der Waals surface area contributed by atoms with Gasteiger partial charge in [0.1, 0.15) is 6.10 Å². The largest absolute Gasteiger partial charge is 0.508 e. The van der Waals surface area contributed by atoms with E-state index in [1.54, 1.807) is 0 Å². The topological polar surface area (TPSA) is 61.8 Å². The van der Waals surface area contributed by atoms with Crippen molar-refractivity contribution in [2.24, 2.45) is 5.92 Å². The van der Waals surface area contributed by atoms with Crippen LogP contribution in [0.4, 0.5) is 4.79 Å². The number of carbonyl (C=O) groups is 2. The molecule has 0 N–H and O–H groups in total. The van der Waals surface area contributed by atoms with Gasteiger partial charge in [-0.25, -0.2) is 9.59 Å². The van der Waals surface area contributed by atoms with Crippen LogP contribution >= 0.6 is 0 Å². The van der Waals surface area contributed by atoms with Gasteiger partial charge in [0, 0.05) is 0 Å². The second-order valence-corrected chi connectivity index (χ2v) is 3.71. The molecule has 0 bridgehead atoms. The third kappa shape index (κ3) is 4.82. The number of hydrogen-bond donors (Lipinski definition) is 0. The van der Waals surface area contributed by atoms with Gasteiger partial charge in [0.15, 0.2) is 0 Å². The molecule has 16 heavy (non-hydrogen) atoms. The van der Waals surface area contributed by atoms with Crippen molar-refractivity contribution >= 4 is 12.1 Å². The van der Waals surface area contributed by atoms with Gasteiger partial charge in [-0.2, -0.15) is 0 Å². The summed E-state index contributed by atoms with van der Waals surface area (Å²) >= 11 is 0. The van der Waals surface area contributed by atoms with Crippen LogP contribution in [0.1, 0.15) is 20.3 Å². The molecule has 92 valence electrons. The van der Waals surface area contributed by atoms with Crippen LogP contribution in [0.5, 0.6) is 0 Å². The number of esters is 1. The zero-order valence-corrected chi connectivity index (χ0v) is 10.1. The average Bonchev–Trinajstić information content (AvgIpc) is 2.25. The minimum absolute atomic E-state index is 0.113. The first-order valence-electron chi connectivity index (χ1n) is 4.94. The summed E-state index contributed by atoms with van der Waals surface area (Å²) in [6, 6.07) is 0. The summed E-state index contributed by atoms with van der Waals surface area (Å²) in [5.41, 5.74) is 0.113. The monoisotopic (exact) mass is 230 g/mol. The van der Waals surface area contributed by atoms with Crippen molar-refractivity contribution in [1.82, 2.24) is 0 Å². The number of hydrogen-bond acceptors (Lipinski definition) is 5. The molecule has 0 amide bonds. The zero-order valence-electron chi connectivity index (χ0n) is 10.1. The van der Waals surface area contributed by atoms with Crippen molar-refractivity contribution in [3.05, 3.63) is 12.2 Å². The fourth-order valence-corrected chi connectivity index (χ4v) is 1.12. The Labute approximate surface area is 95.4 Å². The predicted octanol–water partition coefficient (Wildman–Crippen LogP) is 1.91. The first kappa shape index (κ1) is 14.5. The lowest BCUT2D eigenvalue weighted by atomic mass is 10.0. The van der Waals surface area contributed by atoms with E-state index in [0.29, 0.717) is 6.42 Å². The van der Waals surface area contributed by atoms with E-state index in [2.05, 4.69) is 16.1 Å². The van der Waals surface area contributed by atoms with Crippen LogP contribution in [0.3, 0.4) is 0 Å². The summed E-state index contributed by atoms with van der Waals surface area (Å²) in [7, 11) is 2.45. The Bertz CT molecular complexity index is 270. The SMILES string of the molecule is C=C(C(=O)OC)C(CC(C)C)OC(=O)OC. The smallest absolute Gasteiger partial charge is 0.466 e. The number of methoxy groups -OCH3 is 2. The first-order valence-corrected chi connectivity index (χ1v) is 4.94. The molecular formula is C11H18O5. The minimum Gasteiger partial charge on any atom is -0.466 e. The molecular weight excluding hydrogens is 212 g/mol. The first-order chi connectivity index (χ1) is 7.42. The summed E-state index contributed by atoms with van der Waals surface area (Å²) in [5.74, 6) is -0.342. The number of ether oxygens (including phenoxy) is 3. The van der Waals surface area contributed by atoms with E-state index < -0.39 is 18.2 Å². The summed E-state index contributed by atoms with van der Waals surface area (Å²) in [6.07, 6.45) is -1.06. The van der Waals surface area contributed by atoms with E-state index in [-0.39, 0.29) is 11.5 Å². The van der Waals surface area contributed by atoms with Crippen molar-refractivity contribution in [1.29, 1.82) is 0 Å². The van der Waals surface area contributed by atoms with Crippen LogP contribution in [0.15, 0.2) is 12.2 Å². The van der Waals surface area contributed by atoms with Gasteiger partial charge in [0.2, 0.25) is 0 Å². The van der Waals surface area contributed by atoms with E-state index >= 15 is 0 Å². The van der Waals surface area contributed by atoms with Crippen molar-refractivity contribution in [2.75, 3.05) is 14.2 Å². The summed E-state index contributed by atoms with van der Waals surface area (Å²) in [6.45, 7) is 7.44. The lowest BCUT2D eigenvalue weighted by Crippen LogP contribution is -2.26. The van der Waals surface area contributed by atoms with Gasteiger partial charge in [-0.05, 0) is 12.3 Å². The second kappa shape index (κ2) is 6.87. The molecule has 0 saturated heterocycles. The molecule has 1 unspecified atom stereocenters. The molecule has 0 aromatic carbocycles. The molecule has 0 aromatic heterocycles. The van der Waals surface area contributed by atoms with E-state index in [4.69, 9.17) is 4.74 Å². The molecule has 0 aliphatic carbocycles.